The Bertz CT molecular complexity index is 1630. The molecule has 1 amide bonds. The summed E-state index contributed by atoms with van der Waals surface area (Å²) in [6.45, 7) is 15.0. The molecule has 0 radical (unpaired) electrons. The highest BCUT2D eigenvalue weighted by atomic mass is 32.2. The van der Waals surface area contributed by atoms with Gasteiger partial charge in [-0.2, -0.15) is 4.31 Å². The molecule has 2 aliphatic rings. The van der Waals surface area contributed by atoms with Gasteiger partial charge in [0.25, 0.3) is 0 Å². The van der Waals surface area contributed by atoms with E-state index >= 15 is 0 Å². The lowest BCUT2D eigenvalue weighted by molar-refractivity contribution is 0.0623. The zero-order chi connectivity index (χ0) is 41.2. The normalized spacial score (nSPS) is 16.5. The molecule has 0 spiro atoms. The summed E-state index contributed by atoms with van der Waals surface area (Å²) in [5.41, 5.74) is 14.9. The van der Waals surface area contributed by atoms with Gasteiger partial charge in [0, 0.05) is 37.0 Å². The minimum Gasteiger partial charge on any atom is -0.454 e. The summed E-state index contributed by atoms with van der Waals surface area (Å²) in [5.74, 6) is 1.60. The zero-order valence-corrected chi connectivity index (χ0v) is 35.1. The van der Waals surface area contributed by atoms with Gasteiger partial charge in [0.05, 0.1) is 30.3 Å². The third-order valence-electron chi connectivity index (χ3n) is 9.90. The Morgan fingerprint density at radius 1 is 1.05 bits per heavy atom. The average Bonchev–Trinajstić information content (AvgIpc) is 3.83. The number of nitrogens with one attached hydrogen (secondary N) is 1. The average molecular weight is 803 g/mol. The molecule has 3 atom stereocenters. The number of aliphatic hydroxyl groups excluding tert-OH is 1. The number of hydrogen-bond acceptors (Lipinski definition) is 10. The van der Waals surface area contributed by atoms with Crippen molar-refractivity contribution in [3.63, 3.8) is 0 Å². The molecule has 314 valence electrons. The Morgan fingerprint density at radius 3 is 2.41 bits per heavy atom. The molecule has 2 aromatic carbocycles. The minimum absolute atomic E-state index is 0.0000574. The van der Waals surface area contributed by atoms with Crippen LogP contribution in [0.4, 0.5) is 4.79 Å². The van der Waals surface area contributed by atoms with Crippen LogP contribution in [-0.4, -0.2) is 88.4 Å². The van der Waals surface area contributed by atoms with E-state index in [1.165, 1.54) is 42.1 Å². The number of ether oxygens (including phenoxy) is 4. The lowest BCUT2D eigenvalue weighted by atomic mass is 9.80. The minimum atomic E-state index is -4.13. The van der Waals surface area contributed by atoms with Crippen molar-refractivity contribution < 1.29 is 37.3 Å². The number of nitrogens with two attached hydrogens (primary N) is 1. The molecule has 4 N–H and O–H groups in total. The molecule has 0 aromatic heterocycles. The Kier molecular flexibility index (Phi) is 19.2. The molecule has 15 heteroatoms. The van der Waals surface area contributed by atoms with E-state index in [-0.39, 0.29) is 37.3 Å². The van der Waals surface area contributed by atoms with Crippen LogP contribution in [0, 0.1) is 16.7 Å². The van der Waals surface area contributed by atoms with Crippen molar-refractivity contribution in [1.82, 2.24) is 9.62 Å². The van der Waals surface area contributed by atoms with E-state index in [2.05, 4.69) is 43.0 Å². The molecule has 0 saturated carbocycles. The number of carbonyl (C=O) groups excluding carboxylic acids is 1. The second kappa shape index (κ2) is 23.0. The predicted octanol–water partition coefficient (Wildman–Crippen LogP) is 7.59. The van der Waals surface area contributed by atoms with Crippen molar-refractivity contribution >= 4 is 16.1 Å². The second-order valence-corrected chi connectivity index (χ2v) is 18.7. The predicted molar refractivity (Wildman–Crippen MR) is 218 cm³/mol. The Balaban J connectivity index is 0.000000604. The van der Waals surface area contributed by atoms with Crippen LogP contribution in [0.2, 0.25) is 0 Å². The third-order valence-corrected chi connectivity index (χ3v) is 11.7. The van der Waals surface area contributed by atoms with Gasteiger partial charge in [-0.25, -0.2) is 13.2 Å². The number of amides is 1. The van der Waals surface area contributed by atoms with Crippen LogP contribution < -0.4 is 20.5 Å². The standard InChI is InChI=1S/C30H41N5O8S.C11H25N/c1-30(2,13-6-7-14-32-34-31)20-35(44(38,39)24-10-11-27-28(17-24)42-21-41-27)18-26(36)25(16-22-8-4-3-5-9-22)33-29(37)43-23-12-15-40-19-23;1-10(2)9-11(3,4)7-5-6-8-12/h3-5,8-11,17,23,25-26,36H,6-7,12-16,18-21H2,1-2H3,(H,33,37);10H,5-9,12H2,1-4H3/t23-,25-,26+;/m0./s1. The van der Waals surface area contributed by atoms with Crippen LogP contribution in [0.1, 0.15) is 98.5 Å². The largest absolute Gasteiger partial charge is 0.454 e. The first-order chi connectivity index (χ1) is 26.5. The van der Waals surface area contributed by atoms with Crippen molar-refractivity contribution in [2.45, 2.75) is 122 Å². The van der Waals surface area contributed by atoms with Crippen molar-refractivity contribution in [2.75, 3.05) is 46.2 Å². The number of fused-ring (bicyclic) bond motifs is 1. The van der Waals surface area contributed by atoms with Crippen LogP contribution in [0.3, 0.4) is 0 Å². The highest BCUT2D eigenvalue weighted by Crippen LogP contribution is 2.36. The van der Waals surface area contributed by atoms with Gasteiger partial charge in [0.1, 0.15) is 6.10 Å². The molecule has 0 bridgehead atoms. The van der Waals surface area contributed by atoms with Crippen LogP contribution in [0.5, 0.6) is 11.5 Å². The number of aliphatic hydroxyl groups is 1. The quantitative estimate of drug-likeness (QED) is 0.0465. The Hall–Kier alpha value is -3.59. The van der Waals surface area contributed by atoms with Gasteiger partial charge in [-0.15, -0.1) is 0 Å². The molecule has 2 aliphatic heterocycles. The van der Waals surface area contributed by atoms with Gasteiger partial charge >= 0.3 is 6.09 Å². The first-order valence-corrected chi connectivity index (χ1v) is 21.4. The van der Waals surface area contributed by atoms with Crippen LogP contribution >= 0.6 is 0 Å². The van der Waals surface area contributed by atoms with Crippen LogP contribution in [-0.2, 0) is 25.9 Å². The van der Waals surface area contributed by atoms with Crippen molar-refractivity contribution in [3.05, 3.63) is 64.5 Å². The number of nitrogens with zero attached hydrogens (tertiary/aromatic N) is 4. The number of rotatable bonds is 22. The van der Waals surface area contributed by atoms with E-state index in [9.17, 15) is 18.3 Å². The first-order valence-electron chi connectivity index (χ1n) is 19.9. The number of sulfonamides is 1. The molecule has 1 saturated heterocycles. The fourth-order valence-electron chi connectivity index (χ4n) is 7.21. The van der Waals surface area contributed by atoms with Gasteiger partial charge < -0.3 is 35.1 Å². The smallest absolute Gasteiger partial charge is 0.407 e. The summed E-state index contributed by atoms with van der Waals surface area (Å²) < 4.78 is 51.1. The Morgan fingerprint density at radius 2 is 1.75 bits per heavy atom. The van der Waals surface area contributed by atoms with E-state index in [1.54, 1.807) is 6.07 Å². The highest BCUT2D eigenvalue weighted by Gasteiger charge is 2.36. The lowest BCUT2D eigenvalue weighted by Gasteiger charge is -2.35. The summed E-state index contributed by atoms with van der Waals surface area (Å²) in [7, 11) is -4.13. The number of carbonyl (C=O) groups is 1. The number of benzene rings is 2. The zero-order valence-electron chi connectivity index (χ0n) is 34.3. The maximum atomic E-state index is 14.1. The molecule has 2 heterocycles. The summed E-state index contributed by atoms with van der Waals surface area (Å²) in [4.78, 5) is 15.6. The molecule has 56 heavy (non-hydrogen) atoms. The fraction of sp³-hybridized carbons (Fsp3) is 0.683. The second-order valence-electron chi connectivity index (χ2n) is 16.8. The molecular formula is C41H66N6O8S. The third kappa shape index (κ3) is 16.5. The van der Waals surface area contributed by atoms with E-state index in [0.29, 0.717) is 55.9 Å². The SMILES string of the molecule is CC(C)(CCCCN=[N+]=[N-])CN(C[C@@H](O)[C@H](Cc1ccccc1)NC(=O)O[C@H]1CCOC1)S(=O)(=O)c1ccc2c(c1)OCO2.CC(C)CC(C)(C)CCCCN. The van der Waals surface area contributed by atoms with E-state index in [4.69, 9.17) is 30.2 Å². The summed E-state index contributed by atoms with van der Waals surface area (Å²) in [6, 6.07) is 12.9. The van der Waals surface area contributed by atoms with Gasteiger partial charge in [-0.1, -0.05) is 89.8 Å². The Labute approximate surface area is 334 Å². The van der Waals surface area contributed by atoms with Gasteiger partial charge in [-0.05, 0) is 85.0 Å². The van der Waals surface area contributed by atoms with Crippen LogP contribution in [0.15, 0.2) is 58.5 Å². The number of hydrogen-bond donors (Lipinski definition) is 3. The van der Waals surface area contributed by atoms with Crippen LogP contribution in [0.25, 0.3) is 10.4 Å². The monoisotopic (exact) mass is 802 g/mol. The summed E-state index contributed by atoms with van der Waals surface area (Å²) >= 11 is 0. The lowest BCUT2D eigenvalue weighted by Crippen LogP contribution is -2.52. The maximum absolute atomic E-state index is 14.1. The van der Waals surface area contributed by atoms with Crippen molar-refractivity contribution in [1.29, 1.82) is 0 Å². The van der Waals surface area contributed by atoms with Gasteiger partial charge in [0.2, 0.25) is 16.8 Å². The fourth-order valence-corrected chi connectivity index (χ4v) is 8.87. The van der Waals surface area contributed by atoms with E-state index in [1.807, 2.05) is 44.2 Å². The first kappa shape index (κ1) is 46.8. The topological polar surface area (TPSA) is 198 Å². The summed E-state index contributed by atoms with van der Waals surface area (Å²) in [5, 5.41) is 17.9. The molecule has 14 nitrogen and oxygen atoms in total. The van der Waals surface area contributed by atoms with Crippen molar-refractivity contribution in [2.24, 2.45) is 27.6 Å². The van der Waals surface area contributed by atoms with Gasteiger partial charge in [-0.3, -0.25) is 0 Å². The number of alkyl carbamates (subject to hydrolysis) is 1. The molecule has 4 rings (SSSR count). The molecular weight excluding hydrogens is 737 g/mol. The van der Waals surface area contributed by atoms with E-state index < -0.39 is 33.7 Å². The highest BCUT2D eigenvalue weighted by molar-refractivity contribution is 7.89. The molecule has 0 aliphatic carbocycles. The molecule has 0 unspecified atom stereocenters. The maximum Gasteiger partial charge on any atom is 0.407 e. The molecule has 2 aromatic rings. The van der Waals surface area contributed by atoms with Crippen molar-refractivity contribution in [3.8, 4) is 11.5 Å². The summed E-state index contributed by atoms with van der Waals surface area (Å²) in [6.07, 6.45) is 5.63. The van der Waals surface area contributed by atoms with Gasteiger partial charge in [0.15, 0.2) is 11.5 Å². The molecule has 1 fully saturated rings. The van der Waals surface area contributed by atoms with E-state index in [0.717, 1.165) is 24.4 Å². The number of azide groups is 1. The number of unbranched alkanes of at least 4 members (excludes halogenated alkanes) is 2.